The van der Waals surface area contributed by atoms with Gasteiger partial charge in [0.15, 0.2) is 5.52 Å². The standard InChI is InChI=1S/C21H16FN5O3/c1-27-18-17(20(29)26-21(27)30)24-16(19(28)25-18)11-15(12-5-3-2-4-6-12)23-14-9-7-13(22)8-10-14/h2-10H,11H2,1H3,(H,25,28)(H,26,29,30). The molecule has 8 nitrogen and oxygen atoms in total. The molecule has 0 fully saturated rings. The van der Waals surface area contributed by atoms with Crippen molar-refractivity contribution in [1.29, 1.82) is 0 Å². The zero-order chi connectivity index (χ0) is 21.3. The molecule has 0 aliphatic carbocycles. The fourth-order valence-corrected chi connectivity index (χ4v) is 3.01. The summed E-state index contributed by atoms with van der Waals surface area (Å²) in [5.41, 5.74) is -0.0637. The maximum atomic E-state index is 13.2. The van der Waals surface area contributed by atoms with E-state index in [0.717, 1.165) is 10.1 Å². The predicted octanol–water partition coefficient (Wildman–Crippen LogP) is 1.81. The summed E-state index contributed by atoms with van der Waals surface area (Å²) in [5, 5.41) is 0. The second-order valence-corrected chi connectivity index (χ2v) is 6.61. The van der Waals surface area contributed by atoms with Gasteiger partial charge in [0.2, 0.25) is 0 Å². The first kappa shape index (κ1) is 19.2. The van der Waals surface area contributed by atoms with E-state index in [1.165, 1.54) is 31.3 Å². The van der Waals surface area contributed by atoms with Crippen LogP contribution in [0.3, 0.4) is 0 Å². The number of nitrogens with one attached hydrogen (secondary N) is 2. The lowest BCUT2D eigenvalue weighted by atomic mass is 10.1. The van der Waals surface area contributed by atoms with Gasteiger partial charge < -0.3 is 4.98 Å². The smallest absolute Gasteiger partial charge is 0.305 e. The van der Waals surface area contributed by atoms with Crippen molar-refractivity contribution in [2.45, 2.75) is 6.42 Å². The lowest BCUT2D eigenvalue weighted by molar-refractivity contribution is 0.628. The zero-order valence-corrected chi connectivity index (χ0v) is 15.8. The third kappa shape index (κ3) is 3.72. The van der Waals surface area contributed by atoms with Gasteiger partial charge in [-0.15, -0.1) is 0 Å². The van der Waals surface area contributed by atoms with Crippen molar-refractivity contribution in [3.63, 3.8) is 0 Å². The average molecular weight is 405 g/mol. The molecule has 0 bridgehead atoms. The highest BCUT2D eigenvalue weighted by atomic mass is 19.1. The van der Waals surface area contributed by atoms with Crippen LogP contribution in [0.2, 0.25) is 0 Å². The molecule has 4 rings (SSSR count). The van der Waals surface area contributed by atoms with E-state index in [1.807, 2.05) is 30.3 Å². The summed E-state index contributed by atoms with van der Waals surface area (Å²) in [7, 11) is 1.42. The zero-order valence-electron chi connectivity index (χ0n) is 15.8. The van der Waals surface area contributed by atoms with E-state index < -0.39 is 16.8 Å². The van der Waals surface area contributed by atoms with Crippen molar-refractivity contribution in [3.8, 4) is 0 Å². The molecule has 0 amide bonds. The number of aromatic amines is 2. The maximum absolute atomic E-state index is 13.2. The number of aliphatic imine (C=N–C) groups is 1. The Morgan fingerprint density at radius 3 is 2.40 bits per heavy atom. The maximum Gasteiger partial charge on any atom is 0.329 e. The van der Waals surface area contributed by atoms with Crippen molar-refractivity contribution < 1.29 is 4.39 Å². The topological polar surface area (TPSA) is 113 Å². The SMILES string of the molecule is Cn1c(=O)[nH]c(=O)c2nc(CC(=Nc3ccc(F)cc3)c3ccccc3)c(=O)[nH]c21. The predicted molar refractivity (Wildman–Crippen MR) is 111 cm³/mol. The number of aryl methyl sites for hydroxylation is 1. The van der Waals surface area contributed by atoms with Crippen LogP contribution in [-0.2, 0) is 13.5 Å². The minimum atomic E-state index is -0.692. The molecule has 2 heterocycles. The monoisotopic (exact) mass is 405 g/mol. The number of fused-ring (bicyclic) bond motifs is 1. The molecule has 0 spiro atoms. The van der Waals surface area contributed by atoms with Crippen LogP contribution in [0.1, 0.15) is 11.3 Å². The number of nitrogens with zero attached hydrogens (tertiary/aromatic N) is 3. The molecule has 0 aliphatic heterocycles. The van der Waals surface area contributed by atoms with Crippen LogP contribution < -0.4 is 16.8 Å². The number of hydrogen-bond donors (Lipinski definition) is 2. The Bertz CT molecular complexity index is 1430. The number of hydrogen-bond acceptors (Lipinski definition) is 5. The van der Waals surface area contributed by atoms with Crippen molar-refractivity contribution >= 4 is 22.6 Å². The van der Waals surface area contributed by atoms with Gasteiger partial charge in [-0.05, 0) is 29.8 Å². The molecule has 150 valence electrons. The Labute approximate surface area is 168 Å². The summed E-state index contributed by atoms with van der Waals surface area (Å²) in [4.78, 5) is 50.0. The normalized spacial score (nSPS) is 11.7. The summed E-state index contributed by atoms with van der Waals surface area (Å²) in [5.74, 6) is -0.382. The van der Waals surface area contributed by atoms with Gasteiger partial charge in [-0.3, -0.25) is 24.1 Å². The summed E-state index contributed by atoms with van der Waals surface area (Å²) >= 11 is 0. The molecule has 0 unspecified atom stereocenters. The number of benzene rings is 2. The van der Waals surface area contributed by atoms with Crippen LogP contribution in [-0.4, -0.2) is 25.2 Å². The molecular weight excluding hydrogens is 389 g/mol. The molecule has 0 saturated heterocycles. The summed E-state index contributed by atoms with van der Waals surface area (Å²) in [6, 6.07) is 14.8. The van der Waals surface area contributed by atoms with Crippen LogP contribution in [0.5, 0.6) is 0 Å². The molecule has 2 N–H and O–H groups in total. The highest BCUT2D eigenvalue weighted by Gasteiger charge is 2.14. The third-order valence-electron chi connectivity index (χ3n) is 4.57. The lowest BCUT2D eigenvalue weighted by Gasteiger charge is -2.08. The van der Waals surface area contributed by atoms with E-state index in [4.69, 9.17) is 0 Å². The quantitative estimate of drug-likeness (QED) is 0.504. The van der Waals surface area contributed by atoms with Crippen LogP contribution >= 0.6 is 0 Å². The fraction of sp³-hybridized carbons (Fsp3) is 0.0952. The molecule has 30 heavy (non-hydrogen) atoms. The second-order valence-electron chi connectivity index (χ2n) is 6.61. The van der Waals surface area contributed by atoms with Gasteiger partial charge in [-0.1, -0.05) is 30.3 Å². The molecule has 9 heteroatoms. The molecule has 4 aromatic rings. The molecule has 2 aromatic heterocycles. The lowest BCUT2D eigenvalue weighted by Crippen LogP contribution is -2.32. The Balaban J connectivity index is 1.86. The second kappa shape index (κ2) is 7.70. The van der Waals surface area contributed by atoms with E-state index in [9.17, 15) is 18.8 Å². The first-order valence-electron chi connectivity index (χ1n) is 9.03. The van der Waals surface area contributed by atoms with Crippen LogP contribution in [0.25, 0.3) is 11.2 Å². The van der Waals surface area contributed by atoms with Crippen molar-refractivity contribution in [2.75, 3.05) is 0 Å². The molecule has 0 saturated carbocycles. The summed E-state index contributed by atoms with van der Waals surface area (Å²) in [6.07, 6.45) is 0.0228. The van der Waals surface area contributed by atoms with Crippen molar-refractivity contribution in [2.24, 2.45) is 12.0 Å². The molecule has 0 radical (unpaired) electrons. The van der Waals surface area contributed by atoms with Crippen molar-refractivity contribution in [3.05, 3.63) is 103 Å². The first-order valence-corrected chi connectivity index (χ1v) is 9.03. The average Bonchev–Trinajstić information content (AvgIpc) is 2.74. The first-order chi connectivity index (χ1) is 14.4. The molecule has 0 atom stereocenters. The van der Waals surface area contributed by atoms with E-state index in [0.29, 0.717) is 11.4 Å². The highest BCUT2D eigenvalue weighted by Crippen LogP contribution is 2.16. The highest BCUT2D eigenvalue weighted by molar-refractivity contribution is 6.03. The molecule has 0 aliphatic rings. The minimum absolute atomic E-state index is 0.0228. The van der Waals surface area contributed by atoms with Gasteiger partial charge in [0, 0.05) is 13.5 Å². The molecular formula is C21H16FN5O3. The van der Waals surface area contributed by atoms with Gasteiger partial charge in [0.1, 0.15) is 17.2 Å². The fourth-order valence-electron chi connectivity index (χ4n) is 3.01. The van der Waals surface area contributed by atoms with Crippen LogP contribution in [0.4, 0.5) is 10.1 Å². The molecule has 2 aromatic carbocycles. The summed E-state index contributed by atoms with van der Waals surface area (Å²) in [6.45, 7) is 0. The van der Waals surface area contributed by atoms with Gasteiger partial charge in [0.05, 0.1) is 11.4 Å². The van der Waals surface area contributed by atoms with Gasteiger partial charge in [-0.2, -0.15) is 0 Å². The van der Waals surface area contributed by atoms with E-state index in [1.54, 1.807) is 0 Å². The van der Waals surface area contributed by atoms with Crippen LogP contribution in [0, 0.1) is 5.82 Å². The number of aromatic nitrogens is 4. The van der Waals surface area contributed by atoms with E-state index in [-0.39, 0.29) is 29.1 Å². The van der Waals surface area contributed by atoms with Gasteiger partial charge in [0.25, 0.3) is 11.1 Å². The minimum Gasteiger partial charge on any atom is -0.305 e. The van der Waals surface area contributed by atoms with Gasteiger partial charge in [-0.25, -0.2) is 14.2 Å². The number of rotatable bonds is 4. The van der Waals surface area contributed by atoms with E-state index in [2.05, 4.69) is 19.9 Å². The van der Waals surface area contributed by atoms with Crippen LogP contribution in [0.15, 0.2) is 74.0 Å². The third-order valence-corrected chi connectivity index (χ3v) is 4.57. The largest absolute Gasteiger partial charge is 0.329 e. The van der Waals surface area contributed by atoms with Gasteiger partial charge >= 0.3 is 5.69 Å². The summed E-state index contributed by atoms with van der Waals surface area (Å²) < 4.78 is 14.3. The Hall–Kier alpha value is -4.14. The number of halogens is 1. The van der Waals surface area contributed by atoms with Crippen molar-refractivity contribution in [1.82, 2.24) is 19.5 Å². The Morgan fingerprint density at radius 2 is 1.70 bits per heavy atom. The van der Waals surface area contributed by atoms with E-state index >= 15 is 0 Å². The Morgan fingerprint density at radius 1 is 1.00 bits per heavy atom. The Kier molecular flexibility index (Phi) is 4.93. The number of H-pyrrole nitrogens is 2.